The molecule has 0 fully saturated rings. The average Bonchev–Trinajstić information content (AvgIpc) is 2.98. The summed E-state index contributed by atoms with van der Waals surface area (Å²) in [6, 6.07) is 5.00. The lowest BCUT2D eigenvalue weighted by Gasteiger charge is -2.10. The minimum Gasteiger partial charge on any atom is -0.338 e. The van der Waals surface area contributed by atoms with Crippen LogP contribution in [0, 0.1) is 17.5 Å². The second-order valence-corrected chi connectivity index (χ2v) is 7.59. The predicted octanol–water partition coefficient (Wildman–Crippen LogP) is 4.19. The number of benzene rings is 2. The van der Waals surface area contributed by atoms with Gasteiger partial charge in [-0.2, -0.15) is 0 Å². The summed E-state index contributed by atoms with van der Waals surface area (Å²) in [6.07, 6.45) is 2.18. The molecule has 10 heteroatoms. The highest BCUT2D eigenvalue weighted by molar-refractivity contribution is 7.92. The lowest BCUT2D eigenvalue weighted by molar-refractivity contribution is 0.585. The summed E-state index contributed by atoms with van der Waals surface area (Å²) in [5.74, 6) is -2.21. The summed E-state index contributed by atoms with van der Waals surface area (Å²) in [7, 11) is -3.67. The molecule has 3 rings (SSSR count). The van der Waals surface area contributed by atoms with Gasteiger partial charge in [-0.1, -0.05) is 11.6 Å². The fourth-order valence-electron chi connectivity index (χ4n) is 2.34. The minimum atomic E-state index is -3.67. The van der Waals surface area contributed by atoms with Gasteiger partial charge in [-0.15, -0.1) is 0 Å². The zero-order chi connectivity index (χ0) is 19.1. The van der Waals surface area contributed by atoms with Crippen LogP contribution in [-0.2, 0) is 10.0 Å². The zero-order valence-corrected chi connectivity index (χ0v) is 14.7. The van der Waals surface area contributed by atoms with Crippen molar-refractivity contribution in [1.82, 2.24) is 9.97 Å². The molecule has 0 amide bonds. The van der Waals surface area contributed by atoms with Crippen LogP contribution in [0.5, 0.6) is 0 Å². The molecule has 0 unspecified atom stereocenters. The van der Waals surface area contributed by atoms with Gasteiger partial charge in [-0.05, 0) is 24.3 Å². The van der Waals surface area contributed by atoms with E-state index in [1.165, 1.54) is 12.3 Å². The van der Waals surface area contributed by atoms with E-state index in [0.29, 0.717) is 6.07 Å². The lowest BCUT2D eigenvalue weighted by Crippen LogP contribution is -2.10. The molecule has 0 atom stereocenters. The Morgan fingerprint density at radius 2 is 1.81 bits per heavy atom. The number of imidazole rings is 1. The Bertz CT molecular complexity index is 1100. The van der Waals surface area contributed by atoms with E-state index in [1.54, 1.807) is 0 Å². The standard InChI is InChI=1S/C16H11ClF3N3O2S/c1-26(24,25)23-13-6-9(19)4-11(15(13)17)14-7-21-16(22-14)10-3-2-8(18)5-12(10)20/h2-7,23H,1H3,(H,21,22). The van der Waals surface area contributed by atoms with Crippen molar-refractivity contribution in [2.75, 3.05) is 11.0 Å². The number of aromatic amines is 1. The van der Waals surface area contributed by atoms with Crippen molar-refractivity contribution in [3.8, 4) is 22.6 Å². The smallest absolute Gasteiger partial charge is 0.229 e. The van der Waals surface area contributed by atoms with Crippen molar-refractivity contribution < 1.29 is 21.6 Å². The number of anilines is 1. The number of aromatic nitrogens is 2. The Labute approximate surface area is 151 Å². The SMILES string of the molecule is CS(=O)(=O)Nc1cc(F)cc(-c2cnc(-c3ccc(F)cc3F)[nH]2)c1Cl. The molecule has 0 bridgehead atoms. The number of H-pyrrole nitrogens is 1. The van der Waals surface area contributed by atoms with Crippen LogP contribution in [0.4, 0.5) is 18.9 Å². The van der Waals surface area contributed by atoms with Crippen LogP contribution in [0.3, 0.4) is 0 Å². The van der Waals surface area contributed by atoms with Gasteiger partial charge in [-0.3, -0.25) is 4.72 Å². The quantitative estimate of drug-likeness (QED) is 0.688. The summed E-state index contributed by atoms with van der Waals surface area (Å²) in [4.78, 5) is 6.75. The van der Waals surface area contributed by atoms with E-state index in [1.807, 2.05) is 0 Å². The van der Waals surface area contributed by atoms with E-state index in [-0.39, 0.29) is 33.4 Å². The van der Waals surface area contributed by atoms with Crippen LogP contribution in [0.1, 0.15) is 0 Å². The predicted molar refractivity (Wildman–Crippen MR) is 92.8 cm³/mol. The molecule has 0 spiro atoms. The molecule has 0 radical (unpaired) electrons. The number of nitrogens with zero attached hydrogens (tertiary/aromatic N) is 1. The van der Waals surface area contributed by atoms with Crippen LogP contribution in [0.25, 0.3) is 22.6 Å². The normalized spacial score (nSPS) is 11.6. The highest BCUT2D eigenvalue weighted by Crippen LogP contribution is 2.35. The summed E-state index contributed by atoms with van der Waals surface area (Å²) in [5.41, 5.74) is 0.219. The highest BCUT2D eigenvalue weighted by atomic mass is 35.5. The molecule has 5 nitrogen and oxygen atoms in total. The third-order valence-corrected chi connectivity index (χ3v) is 4.38. The molecule has 0 aliphatic carbocycles. The number of nitrogens with one attached hydrogen (secondary N) is 2. The van der Waals surface area contributed by atoms with Gasteiger partial charge in [0.05, 0.1) is 34.4 Å². The van der Waals surface area contributed by atoms with Crippen LogP contribution >= 0.6 is 11.6 Å². The van der Waals surface area contributed by atoms with Gasteiger partial charge in [0.1, 0.15) is 23.3 Å². The first-order valence-corrected chi connectivity index (χ1v) is 9.38. The molecule has 136 valence electrons. The monoisotopic (exact) mass is 401 g/mol. The van der Waals surface area contributed by atoms with E-state index in [4.69, 9.17) is 11.6 Å². The summed E-state index contributed by atoms with van der Waals surface area (Å²) < 4.78 is 65.7. The fraction of sp³-hybridized carbons (Fsp3) is 0.0625. The van der Waals surface area contributed by atoms with Gasteiger partial charge in [-0.25, -0.2) is 26.6 Å². The zero-order valence-electron chi connectivity index (χ0n) is 13.1. The van der Waals surface area contributed by atoms with Crippen LogP contribution in [0.15, 0.2) is 36.5 Å². The number of rotatable bonds is 4. The topological polar surface area (TPSA) is 74.8 Å². The van der Waals surface area contributed by atoms with Crippen LogP contribution in [-0.4, -0.2) is 24.6 Å². The second-order valence-electron chi connectivity index (χ2n) is 5.46. The Morgan fingerprint density at radius 3 is 2.46 bits per heavy atom. The first kappa shape index (κ1) is 18.3. The highest BCUT2D eigenvalue weighted by Gasteiger charge is 2.17. The molecule has 1 aromatic heterocycles. The van der Waals surface area contributed by atoms with Gasteiger partial charge >= 0.3 is 0 Å². The molecule has 3 aromatic rings. The van der Waals surface area contributed by atoms with Crippen molar-refractivity contribution in [2.24, 2.45) is 0 Å². The van der Waals surface area contributed by atoms with E-state index in [0.717, 1.165) is 24.5 Å². The van der Waals surface area contributed by atoms with E-state index >= 15 is 0 Å². The van der Waals surface area contributed by atoms with Gasteiger partial charge in [0, 0.05) is 11.6 Å². The maximum absolute atomic E-state index is 13.9. The maximum atomic E-state index is 13.9. The molecule has 0 aliphatic rings. The largest absolute Gasteiger partial charge is 0.338 e. The number of halogens is 4. The Morgan fingerprint density at radius 1 is 1.08 bits per heavy atom. The molecule has 0 aliphatic heterocycles. The molecule has 26 heavy (non-hydrogen) atoms. The molecule has 2 aromatic carbocycles. The van der Waals surface area contributed by atoms with Crippen molar-refractivity contribution in [3.05, 3.63) is 59.0 Å². The maximum Gasteiger partial charge on any atom is 0.229 e. The van der Waals surface area contributed by atoms with Crippen molar-refractivity contribution in [2.45, 2.75) is 0 Å². The summed E-state index contributed by atoms with van der Waals surface area (Å²) >= 11 is 6.16. The van der Waals surface area contributed by atoms with Crippen molar-refractivity contribution in [1.29, 1.82) is 0 Å². The first-order valence-electron chi connectivity index (χ1n) is 7.11. The van der Waals surface area contributed by atoms with Gasteiger partial charge in [0.25, 0.3) is 0 Å². The fourth-order valence-corrected chi connectivity index (χ4v) is 3.21. The molecular formula is C16H11ClF3N3O2S. The number of hydrogen-bond acceptors (Lipinski definition) is 3. The van der Waals surface area contributed by atoms with E-state index in [9.17, 15) is 21.6 Å². The Hall–Kier alpha value is -2.52. The van der Waals surface area contributed by atoms with Crippen LogP contribution in [0.2, 0.25) is 5.02 Å². The summed E-state index contributed by atoms with van der Waals surface area (Å²) in [6.45, 7) is 0. The van der Waals surface area contributed by atoms with Gasteiger partial charge < -0.3 is 4.98 Å². The van der Waals surface area contributed by atoms with E-state index < -0.39 is 27.5 Å². The Kier molecular flexibility index (Phi) is 4.68. The molecule has 1 heterocycles. The summed E-state index contributed by atoms with van der Waals surface area (Å²) in [5, 5.41) is -0.0633. The van der Waals surface area contributed by atoms with Gasteiger partial charge in [0.15, 0.2) is 0 Å². The van der Waals surface area contributed by atoms with Gasteiger partial charge in [0.2, 0.25) is 10.0 Å². The third kappa shape index (κ3) is 3.83. The molecule has 2 N–H and O–H groups in total. The van der Waals surface area contributed by atoms with Crippen molar-refractivity contribution in [3.63, 3.8) is 0 Å². The van der Waals surface area contributed by atoms with E-state index in [2.05, 4.69) is 14.7 Å². The Balaban J connectivity index is 2.07. The van der Waals surface area contributed by atoms with Crippen LogP contribution < -0.4 is 4.72 Å². The lowest BCUT2D eigenvalue weighted by atomic mass is 10.1. The average molecular weight is 402 g/mol. The number of sulfonamides is 1. The third-order valence-electron chi connectivity index (χ3n) is 3.38. The molecular weight excluding hydrogens is 391 g/mol. The second kappa shape index (κ2) is 6.65. The molecule has 0 saturated carbocycles. The number of hydrogen-bond donors (Lipinski definition) is 2. The minimum absolute atomic E-state index is 0.0136. The molecule has 0 saturated heterocycles. The first-order chi connectivity index (χ1) is 12.1. The van der Waals surface area contributed by atoms with Crippen molar-refractivity contribution >= 4 is 27.3 Å².